The van der Waals surface area contributed by atoms with Crippen molar-refractivity contribution in [3.63, 3.8) is 0 Å². The van der Waals surface area contributed by atoms with Crippen LogP contribution in [0.15, 0.2) is 0 Å². The third-order valence-electron chi connectivity index (χ3n) is 2.50. The summed E-state index contributed by atoms with van der Waals surface area (Å²) >= 11 is 0. The monoisotopic (exact) mass is 273 g/mol. The summed E-state index contributed by atoms with van der Waals surface area (Å²) < 4.78 is 9.95. The lowest BCUT2D eigenvalue weighted by Gasteiger charge is -2.26. The first-order chi connectivity index (χ1) is 8.60. The first kappa shape index (κ1) is 15.1. The SMILES string of the molecule is CC(C)(C)OC(=O)N1C[C@H](OC(N)=O)C[C@H]1C(N)=O. The Kier molecular flexibility index (Phi) is 4.23. The molecule has 19 heavy (non-hydrogen) atoms. The van der Waals surface area contributed by atoms with Crippen LogP contribution >= 0.6 is 0 Å². The lowest BCUT2D eigenvalue weighted by atomic mass is 10.2. The Morgan fingerprint density at radius 2 is 1.79 bits per heavy atom. The van der Waals surface area contributed by atoms with Gasteiger partial charge in [0.2, 0.25) is 5.91 Å². The first-order valence-corrected chi connectivity index (χ1v) is 5.85. The van der Waals surface area contributed by atoms with Crippen molar-refractivity contribution in [1.29, 1.82) is 0 Å². The van der Waals surface area contributed by atoms with E-state index in [2.05, 4.69) is 0 Å². The normalized spacial score (nSPS) is 23.0. The van der Waals surface area contributed by atoms with Gasteiger partial charge in [-0.3, -0.25) is 9.69 Å². The Morgan fingerprint density at radius 3 is 2.21 bits per heavy atom. The molecular weight excluding hydrogens is 254 g/mol. The van der Waals surface area contributed by atoms with Crippen molar-refractivity contribution >= 4 is 18.1 Å². The number of rotatable bonds is 2. The Hall–Kier alpha value is -1.99. The van der Waals surface area contributed by atoms with E-state index in [1.807, 2.05) is 0 Å². The molecule has 1 rings (SSSR count). The maximum atomic E-state index is 11.9. The fourth-order valence-corrected chi connectivity index (χ4v) is 1.84. The summed E-state index contributed by atoms with van der Waals surface area (Å²) in [7, 11) is 0. The Morgan fingerprint density at radius 1 is 1.21 bits per heavy atom. The Bertz CT molecular complexity index is 390. The minimum atomic E-state index is -0.959. The maximum absolute atomic E-state index is 11.9. The minimum Gasteiger partial charge on any atom is -0.444 e. The fraction of sp³-hybridized carbons (Fsp3) is 0.727. The summed E-state index contributed by atoms with van der Waals surface area (Å²) in [6.07, 6.45) is -2.16. The summed E-state index contributed by atoms with van der Waals surface area (Å²) in [6.45, 7) is 5.15. The molecule has 1 saturated heterocycles. The minimum absolute atomic E-state index is 0.0332. The van der Waals surface area contributed by atoms with Crippen LogP contribution in [0.3, 0.4) is 0 Å². The second kappa shape index (κ2) is 5.33. The second-order valence-corrected chi connectivity index (χ2v) is 5.35. The molecule has 0 aromatic carbocycles. The van der Waals surface area contributed by atoms with Crippen molar-refractivity contribution in [3.8, 4) is 0 Å². The molecule has 8 heteroatoms. The van der Waals surface area contributed by atoms with E-state index in [9.17, 15) is 14.4 Å². The number of hydrogen-bond acceptors (Lipinski definition) is 5. The van der Waals surface area contributed by atoms with E-state index in [1.54, 1.807) is 20.8 Å². The summed E-state index contributed by atoms with van der Waals surface area (Å²) in [6, 6.07) is -0.862. The number of likely N-dealkylation sites (tertiary alicyclic amines) is 1. The zero-order valence-electron chi connectivity index (χ0n) is 11.2. The van der Waals surface area contributed by atoms with Gasteiger partial charge in [-0.25, -0.2) is 9.59 Å². The van der Waals surface area contributed by atoms with Gasteiger partial charge in [-0.15, -0.1) is 0 Å². The topological polar surface area (TPSA) is 125 Å². The van der Waals surface area contributed by atoms with Gasteiger partial charge in [-0.05, 0) is 20.8 Å². The van der Waals surface area contributed by atoms with E-state index in [0.29, 0.717) is 0 Å². The molecule has 0 bridgehead atoms. The van der Waals surface area contributed by atoms with Crippen molar-refractivity contribution in [2.24, 2.45) is 11.5 Å². The zero-order valence-corrected chi connectivity index (χ0v) is 11.2. The summed E-state index contributed by atoms with van der Waals surface area (Å²) in [4.78, 5) is 35.1. The highest BCUT2D eigenvalue weighted by Gasteiger charge is 2.42. The van der Waals surface area contributed by atoms with Gasteiger partial charge in [0, 0.05) is 6.42 Å². The van der Waals surface area contributed by atoms with Crippen LogP contribution in [0.1, 0.15) is 27.2 Å². The van der Waals surface area contributed by atoms with Gasteiger partial charge >= 0.3 is 12.2 Å². The molecule has 8 nitrogen and oxygen atoms in total. The highest BCUT2D eigenvalue weighted by atomic mass is 16.6. The number of primary amides is 2. The van der Waals surface area contributed by atoms with Crippen molar-refractivity contribution in [2.45, 2.75) is 44.9 Å². The van der Waals surface area contributed by atoms with Gasteiger partial charge < -0.3 is 20.9 Å². The van der Waals surface area contributed by atoms with Crippen molar-refractivity contribution in [3.05, 3.63) is 0 Å². The van der Waals surface area contributed by atoms with Gasteiger partial charge in [0.25, 0.3) is 0 Å². The molecule has 2 atom stereocenters. The number of ether oxygens (including phenoxy) is 2. The van der Waals surface area contributed by atoms with E-state index >= 15 is 0 Å². The molecule has 0 radical (unpaired) electrons. The molecule has 108 valence electrons. The van der Waals surface area contributed by atoms with Crippen LogP contribution in [-0.4, -0.2) is 47.3 Å². The van der Waals surface area contributed by atoms with Gasteiger partial charge in [-0.2, -0.15) is 0 Å². The predicted molar refractivity (Wildman–Crippen MR) is 65.0 cm³/mol. The molecule has 4 N–H and O–H groups in total. The van der Waals surface area contributed by atoms with Gasteiger partial charge in [0.15, 0.2) is 0 Å². The molecule has 0 saturated carbocycles. The van der Waals surface area contributed by atoms with Crippen molar-refractivity contribution in [1.82, 2.24) is 4.90 Å². The van der Waals surface area contributed by atoms with Crippen molar-refractivity contribution < 1.29 is 23.9 Å². The molecular formula is C11H19N3O5. The first-order valence-electron chi connectivity index (χ1n) is 5.85. The maximum Gasteiger partial charge on any atom is 0.411 e. The Balaban J connectivity index is 2.76. The van der Waals surface area contributed by atoms with Crippen LogP contribution in [-0.2, 0) is 14.3 Å². The second-order valence-electron chi connectivity index (χ2n) is 5.35. The third kappa shape index (κ3) is 4.31. The van der Waals surface area contributed by atoms with Gasteiger partial charge in [0.1, 0.15) is 17.7 Å². The molecule has 0 aliphatic carbocycles. The molecule has 1 aliphatic heterocycles. The van der Waals surface area contributed by atoms with E-state index in [-0.39, 0.29) is 13.0 Å². The molecule has 0 aromatic rings. The molecule has 1 heterocycles. The summed E-state index contributed by atoms with van der Waals surface area (Å²) in [5, 5.41) is 0. The van der Waals surface area contributed by atoms with Gasteiger partial charge in [0.05, 0.1) is 6.54 Å². The summed E-state index contributed by atoms with van der Waals surface area (Å²) in [5.74, 6) is -0.679. The third-order valence-corrected chi connectivity index (χ3v) is 2.50. The summed E-state index contributed by atoms with van der Waals surface area (Å²) in [5.41, 5.74) is 9.44. The standard InChI is InChI=1S/C11H19N3O5/c1-11(2,3)19-10(17)14-5-6(18-9(13)16)4-7(14)8(12)15/h6-7H,4-5H2,1-3H3,(H2,12,15)(H2,13,16)/t6-,7+/m1/s1. The van der Waals surface area contributed by atoms with Crippen LogP contribution in [0.5, 0.6) is 0 Å². The Labute approximate surface area is 111 Å². The average Bonchev–Trinajstić information content (AvgIpc) is 2.57. The molecule has 3 amide bonds. The van der Waals surface area contributed by atoms with E-state index < -0.39 is 35.8 Å². The van der Waals surface area contributed by atoms with E-state index in [4.69, 9.17) is 20.9 Å². The number of nitrogens with two attached hydrogens (primary N) is 2. The molecule has 0 unspecified atom stereocenters. The fourth-order valence-electron chi connectivity index (χ4n) is 1.84. The smallest absolute Gasteiger partial charge is 0.411 e. The van der Waals surface area contributed by atoms with Crippen LogP contribution < -0.4 is 11.5 Å². The average molecular weight is 273 g/mol. The number of amides is 3. The van der Waals surface area contributed by atoms with Crippen LogP contribution in [0.25, 0.3) is 0 Å². The van der Waals surface area contributed by atoms with Crippen LogP contribution in [0.2, 0.25) is 0 Å². The number of carbonyl (C=O) groups excluding carboxylic acids is 3. The molecule has 0 aromatic heterocycles. The largest absolute Gasteiger partial charge is 0.444 e. The lowest BCUT2D eigenvalue weighted by Crippen LogP contribution is -2.45. The van der Waals surface area contributed by atoms with E-state index in [1.165, 1.54) is 0 Å². The number of hydrogen-bond donors (Lipinski definition) is 2. The predicted octanol–water partition coefficient (Wildman–Crippen LogP) is -0.0550. The van der Waals surface area contributed by atoms with Crippen LogP contribution in [0, 0.1) is 0 Å². The highest BCUT2D eigenvalue weighted by Crippen LogP contribution is 2.23. The van der Waals surface area contributed by atoms with Crippen LogP contribution in [0.4, 0.5) is 9.59 Å². The molecule has 0 spiro atoms. The van der Waals surface area contributed by atoms with E-state index in [0.717, 1.165) is 4.90 Å². The molecule has 1 aliphatic rings. The highest BCUT2D eigenvalue weighted by molar-refractivity contribution is 5.85. The van der Waals surface area contributed by atoms with Crippen molar-refractivity contribution in [2.75, 3.05) is 6.54 Å². The molecule has 1 fully saturated rings. The zero-order chi connectivity index (χ0) is 14.8. The lowest BCUT2D eigenvalue weighted by molar-refractivity contribution is -0.122. The van der Waals surface area contributed by atoms with Gasteiger partial charge in [-0.1, -0.05) is 0 Å². The quantitative estimate of drug-likeness (QED) is 0.729. The number of carbonyl (C=O) groups is 3. The number of nitrogens with zero attached hydrogens (tertiary/aromatic N) is 1.